The van der Waals surface area contributed by atoms with Gasteiger partial charge in [0.05, 0.1) is 18.0 Å². The largest absolute Gasteiger partial charge is 0.494 e. The molecular formula is C25H23N5O3S. The van der Waals surface area contributed by atoms with Crippen molar-refractivity contribution in [3.63, 3.8) is 0 Å². The van der Waals surface area contributed by atoms with Gasteiger partial charge in [-0.1, -0.05) is 23.9 Å². The van der Waals surface area contributed by atoms with Crippen molar-refractivity contribution in [3.05, 3.63) is 77.2 Å². The molecule has 0 bridgehead atoms. The summed E-state index contributed by atoms with van der Waals surface area (Å²) in [7, 11) is 0. The zero-order chi connectivity index (χ0) is 23.5. The van der Waals surface area contributed by atoms with Crippen LogP contribution in [0.5, 0.6) is 5.75 Å². The molecule has 1 amide bonds. The Kier molecular flexibility index (Phi) is 6.18. The molecule has 9 heteroatoms. The number of aryl methyl sites for hydroxylation is 1. The quantitative estimate of drug-likeness (QED) is 0.438. The molecule has 2 aromatic heterocycles. The monoisotopic (exact) mass is 473 g/mol. The molecule has 0 aliphatic carbocycles. The van der Waals surface area contributed by atoms with Crippen LogP contribution in [0.1, 0.15) is 6.92 Å². The van der Waals surface area contributed by atoms with E-state index >= 15 is 0 Å². The SMILES string of the molecule is CCOc1ccc(-c2ccc(=O)n(CC(=O)Nc3ccc(-c4cn5c(n4)SCC5)cc3)n2)cc1. The first-order valence-corrected chi connectivity index (χ1v) is 12.0. The average Bonchev–Trinajstić information content (AvgIpc) is 3.44. The molecule has 5 rings (SSSR count). The van der Waals surface area contributed by atoms with Crippen molar-refractivity contribution < 1.29 is 9.53 Å². The van der Waals surface area contributed by atoms with Crippen molar-refractivity contribution in [2.45, 2.75) is 25.2 Å². The summed E-state index contributed by atoms with van der Waals surface area (Å²) in [6.45, 7) is 3.31. The molecule has 0 spiro atoms. The fourth-order valence-electron chi connectivity index (χ4n) is 3.71. The molecule has 1 aliphatic heterocycles. The minimum Gasteiger partial charge on any atom is -0.494 e. The number of ether oxygens (including phenoxy) is 1. The van der Waals surface area contributed by atoms with Crippen LogP contribution in [0.2, 0.25) is 0 Å². The van der Waals surface area contributed by atoms with Crippen molar-refractivity contribution in [1.82, 2.24) is 19.3 Å². The van der Waals surface area contributed by atoms with Gasteiger partial charge in [-0.15, -0.1) is 0 Å². The fourth-order valence-corrected chi connectivity index (χ4v) is 4.66. The molecule has 0 saturated heterocycles. The van der Waals surface area contributed by atoms with Crippen LogP contribution in [-0.2, 0) is 17.9 Å². The van der Waals surface area contributed by atoms with Gasteiger partial charge in [0.25, 0.3) is 5.56 Å². The summed E-state index contributed by atoms with van der Waals surface area (Å²) in [6.07, 6.45) is 2.05. The van der Waals surface area contributed by atoms with E-state index in [2.05, 4.69) is 26.2 Å². The number of hydrogen-bond donors (Lipinski definition) is 1. The average molecular weight is 474 g/mol. The molecule has 0 fully saturated rings. The fraction of sp³-hybridized carbons (Fsp3) is 0.200. The van der Waals surface area contributed by atoms with Crippen molar-refractivity contribution in [1.29, 1.82) is 0 Å². The second-order valence-electron chi connectivity index (χ2n) is 7.75. The Hall–Kier alpha value is -3.85. The van der Waals surface area contributed by atoms with E-state index in [1.54, 1.807) is 17.8 Å². The van der Waals surface area contributed by atoms with Crippen LogP contribution in [0.4, 0.5) is 5.69 Å². The van der Waals surface area contributed by atoms with Gasteiger partial charge in [-0.2, -0.15) is 5.10 Å². The predicted molar refractivity (Wildman–Crippen MR) is 132 cm³/mol. The van der Waals surface area contributed by atoms with Crippen LogP contribution in [0, 0.1) is 0 Å². The third-order valence-corrected chi connectivity index (χ3v) is 6.36. The molecular weight excluding hydrogens is 450 g/mol. The van der Waals surface area contributed by atoms with Gasteiger partial charge in [-0.3, -0.25) is 9.59 Å². The van der Waals surface area contributed by atoms with Gasteiger partial charge in [0.1, 0.15) is 12.3 Å². The number of amides is 1. The van der Waals surface area contributed by atoms with Crippen LogP contribution >= 0.6 is 11.8 Å². The molecule has 34 heavy (non-hydrogen) atoms. The highest BCUT2D eigenvalue weighted by Gasteiger charge is 2.15. The minimum absolute atomic E-state index is 0.184. The predicted octanol–water partition coefficient (Wildman–Crippen LogP) is 3.92. The zero-order valence-electron chi connectivity index (χ0n) is 18.6. The molecule has 2 aromatic carbocycles. The number of rotatable bonds is 7. The van der Waals surface area contributed by atoms with E-state index < -0.39 is 0 Å². The molecule has 0 atom stereocenters. The molecule has 1 aliphatic rings. The number of fused-ring (bicyclic) bond motifs is 1. The van der Waals surface area contributed by atoms with E-state index in [1.165, 1.54) is 10.7 Å². The number of aromatic nitrogens is 4. The molecule has 8 nitrogen and oxygen atoms in total. The van der Waals surface area contributed by atoms with Gasteiger partial charge >= 0.3 is 0 Å². The van der Waals surface area contributed by atoms with Gasteiger partial charge in [-0.25, -0.2) is 9.67 Å². The van der Waals surface area contributed by atoms with Crippen LogP contribution < -0.4 is 15.6 Å². The summed E-state index contributed by atoms with van der Waals surface area (Å²) in [4.78, 5) is 29.5. The number of nitrogens with zero attached hydrogens (tertiary/aromatic N) is 4. The van der Waals surface area contributed by atoms with Crippen LogP contribution in [-0.4, -0.2) is 37.6 Å². The lowest BCUT2D eigenvalue weighted by atomic mass is 10.1. The van der Waals surface area contributed by atoms with Crippen molar-refractivity contribution >= 4 is 23.4 Å². The lowest BCUT2D eigenvalue weighted by Crippen LogP contribution is -2.29. The molecule has 0 saturated carbocycles. The van der Waals surface area contributed by atoms with E-state index in [1.807, 2.05) is 55.5 Å². The number of thioether (sulfide) groups is 1. The Bertz CT molecular complexity index is 1360. The second-order valence-corrected chi connectivity index (χ2v) is 8.81. The summed E-state index contributed by atoms with van der Waals surface area (Å²) < 4.78 is 8.78. The topological polar surface area (TPSA) is 91.0 Å². The highest BCUT2D eigenvalue weighted by molar-refractivity contribution is 7.99. The van der Waals surface area contributed by atoms with E-state index in [4.69, 9.17) is 4.74 Å². The first-order valence-electron chi connectivity index (χ1n) is 11.0. The first-order chi connectivity index (χ1) is 16.6. The maximum absolute atomic E-state index is 12.6. The highest BCUT2D eigenvalue weighted by atomic mass is 32.2. The van der Waals surface area contributed by atoms with E-state index in [0.29, 0.717) is 18.0 Å². The van der Waals surface area contributed by atoms with Crippen LogP contribution in [0.15, 0.2) is 76.8 Å². The molecule has 172 valence electrons. The summed E-state index contributed by atoms with van der Waals surface area (Å²) >= 11 is 1.75. The Morgan fingerprint density at radius 3 is 2.50 bits per heavy atom. The molecule has 4 aromatic rings. The molecule has 1 N–H and O–H groups in total. The Morgan fingerprint density at radius 1 is 1.03 bits per heavy atom. The maximum atomic E-state index is 12.6. The Morgan fingerprint density at radius 2 is 1.76 bits per heavy atom. The molecule has 0 unspecified atom stereocenters. The van der Waals surface area contributed by atoms with Crippen molar-refractivity contribution in [2.75, 3.05) is 17.7 Å². The summed E-state index contributed by atoms with van der Waals surface area (Å²) in [6, 6.07) is 18.0. The number of benzene rings is 2. The lowest BCUT2D eigenvalue weighted by molar-refractivity contribution is -0.117. The standard InChI is InChI=1S/C25H23N5O3S/c1-2-33-20-9-5-17(6-10-20)21-11-12-24(32)30(28-21)16-23(31)26-19-7-3-18(4-8-19)22-15-29-13-14-34-25(29)27-22/h3-12,15H,2,13-14,16H2,1H3,(H,26,31). The van der Waals surface area contributed by atoms with Gasteiger partial charge in [-0.05, 0) is 49.4 Å². The van der Waals surface area contributed by atoms with E-state index in [9.17, 15) is 9.59 Å². The normalized spacial score (nSPS) is 12.4. The number of anilines is 1. The number of hydrogen-bond acceptors (Lipinski definition) is 6. The van der Waals surface area contributed by atoms with E-state index in [-0.39, 0.29) is 18.0 Å². The van der Waals surface area contributed by atoms with Crippen molar-refractivity contribution in [2.24, 2.45) is 0 Å². The van der Waals surface area contributed by atoms with Gasteiger partial charge in [0, 0.05) is 41.4 Å². The van der Waals surface area contributed by atoms with Gasteiger partial charge in [0.15, 0.2) is 5.16 Å². The molecule has 0 radical (unpaired) electrons. The number of carbonyl (C=O) groups is 1. The second kappa shape index (κ2) is 9.56. The van der Waals surface area contributed by atoms with E-state index in [0.717, 1.165) is 40.0 Å². The molecule has 3 heterocycles. The van der Waals surface area contributed by atoms with Gasteiger partial charge < -0.3 is 14.6 Å². The number of nitrogens with one attached hydrogen (secondary N) is 1. The minimum atomic E-state index is -0.342. The smallest absolute Gasteiger partial charge is 0.267 e. The third kappa shape index (κ3) is 4.74. The highest BCUT2D eigenvalue weighted by Crippen LogP contribution is 2.29. The summed E-state index contributed by atoms with van der Waals surface area (Å²) in [5, 5.41) is 8.24. The first kappa shape index (κ1) is 22.0. The zero-order valence-corrected chi connectivity index (χ0v) is 19.4. The number of imidazole rings is 1. The van der Waals surface area contributed by atoms with Crippen LogP contribution in [0.25, 0.3) is 22.5 Å². The van der Waals surface area contributed by atoms with Crippen molar-refractivity contribution in [3.8, 4) is 28.3 Å². The summed E-state index contributed by atoms with van der Waals surface area (Å²) in [5.74, 6) is 1.50. The van der Waals surface area contributed by atoms with Crippen LogP contribution in [0.3, 0.4) is 0 Å². The van der Waals surface area contributed by atoms with Gasteiger partial charge in [0.2, 0.25) is 5.91 Å². The lowest BCUT2D eigenvalue weighted by Gasteiger charge is -2.09. The maximum Gasteiger partial charge on any atom is 0.267 e. The Labute approximate surface area is 200 Å². The third-order valence-electron chi connectivity index (χ3n) is 5.39. The number of carbonyl (C=O) groups excluding carboxylic acids is 1. The summed E-state index contributed by atoms with van der Waals surface area (Å²) in [5.41, 5.74) is 3.64. The Balaban J connectivity index is 1.26.